The lowest BCUT2D eigenvalue weighted by atomic mass is 10.3. The summed E-state index contributed by atoms with van der Waals surface area (Å²) in [5, 5.41) is 4.08. The molecule has 1 heterocycles. The molecule has 0 saturated heterocycles. The highest BCUT2D eigenvalue weighted by molar-refractivity contribution is 7.11. The van der Waals surface area contributed by atoms with Gasteiger partial charge < -0.3 is 5.32 Å². The lowest BCUT2D eigenvalue weighted by Crippen LogP contribution is -2.26. The Kier molecular flexibility index (Phi) is 3.05. The number of amides is 1. The standard InChI is InChI=1S/C11H16N2OS/c1-7-8(2)15-10(13-7)5-6-12-11(14)9-3-4-9/h9H,3-6H2,1-2H3,(H,12,14). The first-order valence-corrected chi connectivity index (χ1v) is 6.19. The molecule has 1 N–H and O–H groups in total. The topological polar surface area (TPSA) is 42.0 Å². The van der Waals surface area contributed by atoms with Crippen LogP contribution in [0.3, 0.4) is 0 Å². The van der Waals surface area contributed by atoms with Crippen molar-refractivity contribution in [3.05, 3.63) is 15.6 Å². The zero-order valence-electron chi connectivity index (χ0n) is 9.17. The number of aryl methyl sites for hydroxylation is 2. The summed E-state index contributed by atoms with van der Waals surface area (Å²) in [6, 6.07) is 0. The van der Waals surface area contributed by atoms with Crippen LogP contribution in [0.2, 0.25) is 0 Å². The maximum atomic E-state index is 11.3. The Morgan fingerprint density at radius 2 is 2.27 bits per heavy atom. The Hall–Kier alpha value is -0.900. The number of thiazole rings is 1. The first-order chi connectivity index (χ1) is 7.16. The van der Waals surface area contributed by atoms with E-state index < -0.39 is 0 Å². The Balaban J connectivity index is 1.75. The molecular formula is C11H16N2OS. The smallest absolute Gasteiger partial charge is 0.223 e. The molecule has 1 aromatic rings. The number of rotatable bonds is 4. The van der Waals surface area contributed by atoms with Crippen LogP contribution in [0.4, 0.5) is 0 Å². The first-order valence-electron chi connectivity index (χ1n) is 5.37. The fourth-order valence-corrected chi connectivity index (χ4v) is 2.36. The molecule has 1 fully saturated rings. The molecule has 0 unspecified atom stereocenters. The highest BCUT2D eigenvalue weighted by atomic mass is 32.1. The van der Waals surface area contributed by atoms with Gasteiger partial charge in [-0.25, -0.2) is 4.98 Å². The molecule has 3 nitrogen and oxygen atoms in total. The Morgan fingerprint density at radius 3 is 2.80 bits per heavy atom. The second-order valence-electron chi connectivity index (χ2n) is 4.06. The molecule has 1 aliphatic carbocycles. The van der Waals surface area contributed by atoms with Crippen LogP contribution < -0.4 is 5.32 Å². The second-order valence-corrected chi connectivity index (χ2v) is 5.35. The van der Waals surface area contributed by atoms with Crippen LogP contribution in [0.15, 0.2) is 0 Å². The molecule has 1 amide bonds. The average molecular weight is 224 g/mol. The van der Waals surface area contributed by atoms with Crippen molar-refractivity contribution < 1.29 is 4.79 Å². The first kappa shape index (κ1) is 10.6. The number of carbonyl (C=O) groups is 1. The fraction of sp³-hybridized carbons (Fsp3) is 0.636. The Bertz CT molecular complexity index is 349. The van der Waals surface area contributed by atoms with Crippen LogP contribution >= 0.6 is 11.3 Å². The van der Waals surface area contributed by atoms with Crippen molar-refractivity contribution in [2.75, 3.05) is 6.54 Å². The summed E-state index contributed by atoms with van der Waals surface area (Å²) < 4.78 is 0. The summed E-state index contributed by atoms with van der Waals surface area (Å²) in [7, 11) is 0. The summed E-state index contributed by atoms with van der Waals surface area (Å²) in [5.74, 6) is 0.532. The largest absolute Gasteiger partial charge is 0.355 e. The Morgan fingerprint density at radius 1 is 1.53 bits per heavy atom. The molecule has 15 heavy (non-hydrogen) atoms. The molecule has 82 valence electrons. The van der Waals surface area contributed by atoms with Crippen molar-refractivity contribution in [3.63, 3.8) is 0 Å². The minimum absolute atomic E-state index is 0.222. The van der Waals surface area contributed by atoms with Gasteiger partial charge in [-0.15, -0.1) is 11.3 Å². The van der Waals surface area contributed by atoms with Crippen molar-refractivity contribution in [2.45, 2.75) is 33.1 Å². The summed E-state index contributed by atoms with van der Waals surface area (Å²) in [5.41, 5.74) is 1.11. The van der Waals surface area contributed by atoms with E-state index in [0.29, 0.717) is 5.92 Å². The molecule has 0 bridgehead atoms. The van der Waals surface area contributed by atoms with Crippen molar-refractivity contribution in [1.82, 2.24) is 10.3 Å². The zero-order chi connectivity index (χ0) is 10.8. The van der Waals surface area contributed by atoms with Gasteiger partial charge in [-0.1, -0.05) is 0 Å². The maximum absolute atomic E-state index is 11.3. The Labute approximate surface area is 93.9 Å². The monoisotopic (exact) mass is 224 g/mol. The normalized spacial score (nSPS) is 15.3. The van der Waals surface area contributed by atoms with E-state index in [1.807, 2.05) is 6.92 Å². The van der Waals surface area contributed by atoms with Crippen molar-refractivity contribution >= 4 is 17.2 Å². The molecule has 1 saturated carbocycles. The lowest BCUT2D eigenvalue weighted by molar-refractivity contribution is -0.122. The number of hydrogen-bond acceptors (Lipinski definition) is 3. The van der Waals surface area contributed by atoms with E-state index in [0.717, 1.165) is 36.5 Å². The van der Waals surface area contributed by atoms with Gasteiger partial charge in [0.15, 0.2) is 0 Å². The summed E-state index contributed by atoms with van der Waals surface area (Å²) >= 11 is 1.73. The van der Waals surface area contributed by atoms with Gasteiger partial charge in [0, 0.05) is 23.8 Å². The molecule has 1 aliphatic rings. The predicted molar refractivity (Wildman–Crippen MR) is 61.0 cm³/mol. The zero-order valence-corrected chi connectivity index (χ0v) is 9.99. The van der Waals surface area contributed by atoms with Crippen LogP contribution in [-0.2, 0) is 11.2 Å². The van der Waals surface area contributed by atoms with Crippen LogP contribution in [0.5, 0.6) is 0 Å². The summed E-state index contributed by atoms with van der Waals surface area (Å²) in [6.45, 7) is 4.83. The van der Waals surface area contributed by atoms with Crippen LogP contribution in [-0.4, -0.2) is 17.4 Å². The summed E-state index contributed by atoms with van der Waals surface area (Å²) in [6.07, 6.45) is 3.00. The lowest BCUT2D eigenvalue weighted by Gasteiger charge is -2.01. The van der Waals surface area contributed by atoms with Crippen molar-refractivity contribution in [2.24, 2.45) is 5.92 Å². The molecule has 2 rings (SSSR count). The number of aromatic nitrogens is 1. The predicted octanol–water partition coefficient (Wildman–Crippen LogP) is 1.83. The van der Waals surface area contributed by atoms with E-state index >= 15 is 0 Å². The highest BCUT2D eigenvalue weighted by Crippen LogP contribution is 2.28. The second kappa shape index (κ2) is 4.31. The maximum Gasteiger partial charge on any atom is 0.223 e. The SMILES string of the molecule is Cc1nc(CCNC(=O)C2CC2)sc1C. The van der Waals surface area contributed by atoms with E-state index in [9.17, 15) is 4.79 Å². The van der Waals surface area contributed by atoms with Gasteiger partial charge >= 0.3 is 0 Å². The number of nitrogens with one attached hydrogen (secondary N) is 1. The third-order valence-electron chi connectivity index (χ3n) is 2.66. The highest BCUT2D eigenvalue weighted by Gasteiger charge is 2.29. The third kappa shape index (κ3) is 2.78. The van der Waals surface area contributed by atoms with Gasteiger partial charge in [0.2, 0.25) is 5.91 Å². The molecule has 4 heteroatoms. The quantitative estimate of drug-likeness (QED) is 0.847. The third-order valence-corrected chi connectivity index (χ3v) is 3.79. The van der Waals surface area contributed by atoms with Gasteiger partial charge in [-0.05, 0) is 26.7 Å². The molecule has 1 aromatic heterocycles. The number of nitrogens with zero attached hydrogens (tertiary/aromatic N) is 1. The molecule has 0 atom stereocenters. The molecule has 0 aliphatic heterocycles. The van der Waals surface area contributed by atoms with Crippen LogP contribution in [0, 0.1) is 19.8 Å². The van der Waals surface area contributed by atoms with E-state index in [-0.39, 0.29) is 5.91 Å². The molecular weight excluding hydrogens is 208 g/mol. The van der Waals surface area contributed by atoms with E-state index in [1.54, 1.807) is 11.3 Å². The van der Waals surface area contributed by atoms with E-state index in [2.05, 4.69) is 17.2 Å². The average Bonchev–Trinajstić information content (AvgIpc) is 2.96. The van der Waals surface area contributed by atoms with E-state index in [1.165, 1.54) is 4.88 Å². The molecule has 0 spiro atoms. The number of hydrogen-bond donors (Lipinski definition) is 1. The van der Waals surface area contributed by atoms with Crippen LogP contribution in [0.1, 0.15) is 28.4 Å². The molecule has 0 aromatic carbocycles. The fourth-order valence-electron chi connectivity index (χ4n) is 1.43. The van der Waals surface area contributed by atoms with Gasteiger partial charge in [-0.3, -0.25) is 4.79 Å². The van der Waals surface area contributed by atoms with Gasteiger partial charge in [-0.2, -0.15) is 0 Å². The van der Waals surface area contributed by atoms with E-state index in [4.69, 9.17) is 0 Å². The van der Waals surface area contributed by atoms with Gasteiger partial charge in [0.1, 0.15) is 0 Å². The van der Waals surface area contributed by atoms with Crippen molar-refractivity contribution in [3.8, 4) is 0 Å². The minimum atomic E-state index is 0.222. The summed E-state index contributed by atoms with van der Waals surface area (Å²) in [4.78, 5) is 17.1. The minimum Gasteiger partial charge on any atom is -0.355 e. The molecule has 0 radical (unpaired) electrons. The van der Waals surface area contributed by atoms with Crippen molar-refractivity contribution in [1.29, 1.82) is 0 Å². The number of carbonyl (C=O) groups excluding carboxylic acids is 1. The van der Waals surface area contributed by atoms with Gasteiger partial charge in [0.25, 0.3) is 0 Å². The van der Waals surface area contributed by atoms with Crippen LogP contribution in [0.25, 0.3) is 0 Å². The van der Waals surface area contributed by atoms with Gasteiger partial charge in [0.05, 0.1) is 10.7 Å².